The Hall–Kier alpha value is -3.38. The topological polar surface area (TPSA) is 143 Å². The molecule has 0 unspecified atom stereocenters. The van der Waals surface area contributed by atoms with E-state index in [0.29, 0.717) is 46.2 Å². The Morgan fingerprint density at radius 2 is 1.90 bits per heavy atom. The van der Waals surface area contributed by atoms with E-state index in [9.17, 15) is 33.1 Å². The molecule has 3 amide bonds. The van der Waals surface area contributed by atoms with Gasteiger partial charge in [0.2, 0.25) is 17.7 Å². The lowest BCUT2D eigenvalue weighted by Crippen LogP contribution is -2.57. The van der Waals surface area contributed by atoms with E-state index in [4.69, 9.17) is 0 Å². The summed E-state index contributed by atoms with van der Waals surface area (Å²) >= 11 is 1.17. The summed E-state index contributed by atoms with van der Waals surface area (Å²) in [6.45, 7) is 0.602. The molecular weight excluding hydrogens is 668 g/mol. The summed E-state index contributed by atoms with van der Waals surface area (Å²) < 4.78 is 26.5. The van der Waals surface area contributed by atoms with Gasteiger partial charge in [0.15, 0.2) is 0 Å². The molecule has 5 fully saturated rings. The zero-order valence-corrected chi connectivity index (χ0v) is 29.2. The minimum atomic E-state index is -4.98. The number of rotatable bonds is 7. The minimum Gasteiger partial charge on any atom is -0.377 e. The highest BCUT2D eigenvalue weighted by molar-refractivity contribution is 7.51. The van der Waals surface area contributed by atoms with Crippen LogP contribution in [0.25, 0.3) is 10.1 Å². The summed E-state index contributed by atoms with van der Waals surface area (Å²) in [7, 11) is -0.948. The standard InChI is InChI=1S/C35H41FN5O6PS/c1-39(2)27-7-10-37-17-25(27)23-16-35(8-9-35)40(18-23)34(44)28-5-4-24-13-20-12-21(20)14-26(33(43)41(24)28)38-32(42)30-15-22-11-19(3-6-29(22)49-30)31(36)48(45,46)47/h3,6-7,10-11,15,17,20-21,23-24,26,28,31H,4-5,8-9,12-14,16,18H2,1-2H3,(H,38,42)(H2,45,46,47)/t20-,21+,23+,24-,26+,28+,31-/m1/s1. The van der Waals surface area contributed by atoms with Crippen molar-refractivity contribution >= 4 is 52.4 Å². The number of pyridine rings is 1. The second-order valence-corrected chi connectivity index (χ2v) is 17.7. The summed E-state index contributed by atoms with van der Waals surface area (Å²) in [5.41, 5.74) is 1.92. The molecule has 3 aromatic rings. The minimum absolute atomic E-state index is 0.0194. The van der Waals surface area contributed by atoms with Crippen molar-refractivity contribution in [1.82, 2.24) is 20.1 Å². The van der Waals surface area contributed by atoms with E-state index < -0.39 is 31.5 Å². The van der Waals surface area contributed by atoms with E-state index in [1.807, 2.05) is 31.3 Å². The molecule has 14 heteroatoms. The normalized spacial score (nSPS) is 29.3. The van der Waals surface area contributed by atoms with Crippen LogP contribution in [-0.4, -0.2) is 86.6 Å². The van der Waals surface area contributed by atoms with Crippen LogP contribution in [0.15, 0.2) is 42.7 Å². The van der Waals surface area contributed by atoms with Crippen molar-refractivity contribution in [3.8, 4) is 0 Å². The maximum absolute atomic E-state index is 14.5. The lowest BCUT2D eigenvalue weighted by Gasteiger charge is -2.37. The Bertz CT molecular complexity index is 1890. The van der Waals surface area contributed by atoms with Gasteiger partial charge >= 0.3 is 7.60 Å². The Kier molecular flexibility index (Phi) is 7.94. The molecule has 0 bridgehead atoms. The van der Waals surface area contributed by atoms with Crippen molar-refractivity contribution in [2.45, 2.75) is 86.9 Å². The molecule has 11 nitrogen and oxygen atoms in total. The zero-order valence-electron chi connectivity index (χ0n) is 27.5. The van der Waals surface area contributed by atoms with Crippen molar-refractivity contribution < 1.29 is 33.1 Å². The van der Waals surface area contributed by atoms with Crippen LogP contribution in [0.4, 0.5) is 10.1 Å². The summed E-state index contributed by atoms with van der Waals surface area (Å²) in [5.74, 6) is -2.08. The molecule has 2 aliphatic carbocycles. The summed E-state index contributed by atoms with van der Waals surface area (Å²) in [6, 6.07) is 6.41. The monoisotopic (exact) mass is 709 g/mol. The van der Waals surface area contributed by atoms with E-state index in [1.165, 1.54) is 23.5 Å². The first-order valence-electron chi connectivity index (χ1n) is 17.1. The SMILES string of the molecule is CN(C)c1ccncc1[C@@H]1CN(C(=O)[C@@H]2CC[C@@H]3C[C@H]4C[C@H]4C[C@H](NC(=O)c4cc5cc([C@H](F)P(=O)(O)O)ccc5s4)C(=O)N32)C2(CC2)C1. The number of amides is 3. The number of carbonyl (C=O) groups is 3. The van der Waals surface area contributed by atoms with E-state index in [1.54, 1.807) is 18.3 Å². The second kappa shape index (κ2) is 11.9. The average molecular weight is 710 g/mol. The molecule has 3 aliphatic heterocycles. The van der Waals surface area contributed by atoms with E-state index in [0.717, 1.165) is 49.8 Å². The van der Waals surface area contributed by atoms with E-state index in [-0.39, 0.29) is 34.9 Å². The first-order chi connectivity index (χ1) is 23.3. The predicted octanol–water partition coefficient (Wildman–Crippen LogP) is 4.94. The first-order valence-corrected chi connectivity index (χ1v) is 19.6. The molecule has 8 rings (SSSR count). The molecule has 3 saturated heterocycles. The maximum Gasteiger partial charge on any atom is 0.363 e. The lowest BCUT2D eigenvalue weighted by molar-refractivity contribution is -0.148. The largest absolute Gasteiger partial charge is 0.377 e. The van der Waals surface area contributed by atoms with Gasteiger partial charge in [-0.1, -0.05) is 6.07 Å². The molecule has 1 aromatic carbocycles. The van der Waals surface area contributed by atoms with Gasteiger partial charge in [-0.25, -0.2) is 4.39 Å². The molecule has 1 spiro atoms. The van der Waals surface area contributed by atoms with Gasteiger partial charge in [0.25, 0.3) is 5.91 Å². The van der Waals surface area contributed by atoms with E-state index >= 15 is 0 Å². The number of nitrogens with one attached hydrogen (secondary N) is 1. The Labute approximate surface area is 288 Å². The molecule has 3 N–H and O–H groups in total. The molecular formula is C35H41FN5O6PS. The molecule has 2 saturated carbocycles. The number of hydrogen-bond acceptors (Lipinski definition) is 7. The molecule has 5 heterocycles. The number of nitrogens with zero attached hydrogens (tertiary/aromatic N) is 4. The fourth-order valence-corrected chi connectivity index (χ4v) is 10.4. The third-order valence-corrected chi connectivity index (χ3v) is 13.6. The van der Waals surface area contributed by atoms with Crippen molar-refractivity contribution in [1.29, 1.82) is 0 Å². The quantitative estimate of drug-likeness (QED) is 0.293. The molecule has 0 radical (unpaired) electrons. The lowest BCUT2D eigenvalue weighted by atomic mass is 9.95. The van der Waals surface area contributed by atoms with Crippen LogP contribution in [0, 0.1) is 11.8 Å². The fraction of sp³-hybridized carbons (Fsp3) is 0.543. The van der Waals surface area contributed by atoms with Crippen LogP contribution in [0.5, 0.6) is 0 Å². The van der Waals surface area contributed by atoms with Crippen molar-refractivity contribution in [2.24, 2.45) is 11.8 Å². The zero-order chi connectivity index (χ0) is 34.4. The van der Waals surface area contributed by atoms with Crippen molar-refractivity contribution in [3.63, 3.8) is 0 Å². The van der Waals surface area contributed by atoms with E-state index in [2.05, 4.69) is 20.1 Å². The van der Waals surface area contributed by atoms with Crippen LogP contribution < -0.4 is 10.2 Å². The summed E-state index contributed by atoms with van der Waals surface area (Å²) in [5, 5.41) is 3.48. The predicted molar refractivity (Wildman–Crippen MR) is 183 cm³/mol. The molecule has 7 atom stereocenters. The number of halogens is 1. The number of thiophene rings is 1. The van der Waals surface area contributed by atoms with Crippen LogP contribution in [0.3, 0.4) is 0 Å². The molecule has 49 heavy (non-hydrogen) atoms. The van der Waals surface area contributed by atoms with Gasteiger partial charge in [-0.2, -0.15) is 0 Å². The number of aromatic nitrogens is 1. The summed E-state index contributed by atoms with van der Waals surface area (Å²) in [6.07, 6.45) is 10.3. The van der Waals surface area contributed by atoms with Gasteiger partial charge in [0.05, 0.1) is 4.88 Å². The number of fused-ring (bicyclic) bond motifs is 3. The second-order valence-electron chi connectivity index (χ2n) is 15.0. The van der Waals surface area contributed by atoms with Crippen molar-refractivity contribution in [2.75, 3.05) is 25.5 Å². The third kappa shape index (κ3) is 5.86. The highest BCUT2D eigenvalue weighted by Crippen LogP contribution is 2.56. The van der Waals surface area contributed by atoms with Gasteiger partial charge in [-0.15, -0.1) is 11.3 Å². The number of anilines is 1. The fourth-order valence-electron chi connectivity index (χ4n) is 8.88. The number of benzene rings is 1. The number of likely N-dealkylation sites (tertiary alicyclic amines) is 1. The van der Waals surface area contributed by atoms with Gasteiger partial charge in [0.1, 0.15) is 12.1 Å². The Balaban J connectivity index is 1.02. The van der Waals surface area contributed by atoms with Crippen LogP contribution in [-0.2, 0) is 14.2 Å². The van der Waals surface area contributed by atoms with Gasteiger partial charge in [-0.05, 0) is 104 Å². The number of alkyl halides is 1. The molecule has 2 aromatic heterocycles. The van der Waals surface area contributed by atoms with Gasteiger partial charge in [-0.3, -0.25) is 23.9 Å². The number of hydrogen-bond donors (Lipinski definition) is 3. The van der Waals surface area contributed by atoms with Gasteiger partial charge < -0.3 is 29.8 Å². The summed E-state index contributed by atoms with van der Waals surface area (Å²) in [4.78, 5) is 71.8. The van der Waals surface area contributed by atoms with Crippen molar-refractivity contribution in [3.05, 3.63) is 58.7 Å². The highest BCUT2D eigenvalue weighted by atomic mass is 32.1. The Morgan fingerprint density at radius 1 is 1.12 bits per heavy atom. The maximum atomic E-state index is 14.5. The van der Waals surface area contributed by atoms with Crippen LogP contribution in [0.1, 0.15) is 84.0 Å². The molecule has 260 valence electrons. The van der Waals surface area contributed by atoms with Crippen LogP contribution in [0.2, 0.25) is 0 Å². The van der Waals surface area contributed by atoms with Gasteiger partial charge in [0, 0.05) is 60.9 Å². The third-order valence-electron chi connectivity index (χ3n) is 11.6. The smallest absolute Gasteiger partial charge is 0.363 e. The number of carbonyl (C=O) groups excluding carboxylic acids is 3. The highest BCUT2D eigenvalue weighted by Gasteiger charge is 2.59. The van der Waals surface area contributed by atoms with Crippen LogP contribution >= 0.6 is 18.9 Å². The Morgan fingerprint density at radius 3 is 2.63 bits per heavy atom. The first kappa shape index (κ1) is 32.8. The average Bonchev–Trinajstić information content (AvgIpc) is 3.81. The molecule has 5 aliphatic rings.